The molecule has 9 rings (SSSR count). The Hall–Kier alpha value is -7.10. The summed E-state index contributed by atoms with van der Waals surface area (Å²) in [6.45, 7) is 9.69. The highest BCUT2D eigenvalue weighted by Gasteiger charge is 2.45. The third-order valence-electron chi connectivity index (χ3n) is 18.2. The van der Waals surface area contributed by atoms with Gasteiger partial charge in [0.15, 0.2) is 18.3 Å². The van der Waals surface area contributed by atoms with E-state index in [1.165, 1.54) is 49.7 Å². The number of carbonyl (C=O) groups is 8. The van der Waals surface area contributed by atoms with Crippen LogP contribution in [0.25, 0.3) is 0 Å². The second-order valence-corrected chi connectivity index (χ2v) is 24.9. The first-order chi connectivity index (χ1) is 42.4. The van der Waals surface area contributed by atoms with Crippen LogP contribution in [0.2, 0.25) is 0 Å². The number of anilines is 2. The molecule has 21 nitrogen and oxygen atoms in total. The Morgan fingerprint density at radius 3 is 1.59 bits per heavy atom. The number of hydrogen-bond donors (Lipinski definition) is 1. The van der Waals surface area contributed by atoms with Crippen LogP contribution in [0.15, 0.2) is 72.8 Å². The Kier molecular flexibility index (Phi) is 22.6. The van der Waals surface area contributed by atoms with Gasteiger partial charge in [-0.1, -0.05) is 94.3 Å². The molecule has 88 heavy (non-hydrogen) atoms. The minimum atomic E-state index is -1.48. The lowest BCUT2D eigenvalue weighted by Crippen LogP contribution is -2.53. The lowest BCUT2D eigenvalue weighted by atomic mass is 9.92. The van der Waals surface area contributed by atoms with Gasteiger partial charge in [0, 0.05) is 71.2 Å². The van der Waals surface area contributed by atoms with Crippen molar-refractivity contribution in [3.8, 4) is 5.75 Å². The molecule has 1 N–H and O–H groups in total. The summed E-state index contributed by atoms with van der Waals surface area (Å²) in [5, 5.41) is 3.17. The largest absolute Gasteiger partial charge is 0.458 e. The quantitative estimate of drug-likeness (QED) is 0.0409. The van der Waals surface area contributed by atoms with Gasteiger partial charge in [-0.2, -0.15) is 0 Å². The monoisotopic (exact) mass is 1220 g/mol. The van der Waals surface area contributed by atoms with Gasteiger partial charge in [-0.05, 0) is 118 Å². The molecule has 3 aromatic rings. The van der Waals surface area contributed by atoms with Gasteiger partial charge in [0.05, 0.1) is 32.0 Å². The first-order valence-corrected chi connectivity index (χ1v) is 31.8. The molecule has 2 heterocycles. The Morgan fingerprint density at radius 2 is 1.07 bits per heavy atom. The van der Waals surface area contributed by atoms with E-state index in [2.05, 4.69) is 22.0 Å². The molecule has 3 aromatic carbocycles. The number of carbonyl (C=O) groups excluding carboxylic acids is 8. The highest BCUT2D eigenvalue weighted by molar-refractivity contribution is 6.01. The third kappa shape index (κ3) is 17.6. The molecule has 2 aliphatic heterocycles. The topological polar surface area (TPSA) is 229 Å². The zero-order valence-electron chi connectivity index (χ0n) is 52.3. The molecule has 478 valence electrons. The van der Waals surface area contributed by atoms with Gasteiger partial charge in [0.2, 0.25) is 0 Å². The molecule has 21 heteroatoms. The Bertz CT molecular complexity index is 2900. The zero-order valence-corrected chi connectivity index (χ0v) is 52.3. The van der Waals surface area contributed by atoms with Gasteiger partial charge >= 0.3 is 29.8 Å². The van der Waals surface area contributed by atoms with Crippen molar-refractivity contribution >= 4 is 58.9 Å². The highest BCUT2D eigenvalue weighted by atomic mass is 16.6. The van der Waals surface area contributed by atoms with E-state index in [1.54, 1.807) is 37.4 Å². The molecule has 3 amide bonds. The fourth-order valence-corrected chi connectivity index (χ4v) is 12.0. The Morgan fingerprint density at radius 1 is 0.568 bits per heavy atom. The van der Waals surface area contributed by atoms with Crippen LogP contribution in [0.5, 0.6) is 5.75 Å². The molecule has 2 saturated heterocycles. The second-order valence-electron chi connectivity index (χ2n) is 24.9. The van der Waals surface area contributed by atoms with Gasteiger partial charge in [-0.15, -0.1) is 0 Å². The van der Waals surface area contributed by atoms with Crippen molar-refractivity contribution in [2.45, 2.75) is 153 Å². The van der Waals surface area contributed by atoms with E-state index >= 15 is 4.79 Å². The number of ether oxygens (including phenoxy) is 7. The van der Waals surface area contributed by atoms with E-state index in [4.69, 9.17) is 33.2 Å². The highest BCUT2D eigenvalue weighted by Crippen LogP contribution is 2.42. The fourth-order valence-electron chi connectivity index (χ4n) is 12.0. The lowest BCUT2D eigenvalue weighted by Gasteiger charge is -2.33. The number of likely N-dealkylation sites (N-methyl/N-ethyl adjacent to an activating group) is 4. The van der Waals surface area contributed by atoms with Crippen molar-refractivity contribution < 1.29 is 71.5 Å². The molecule has 0 bridgehead atoms. The Balaban J connectivity index is 0.908. The van der Waals surface area contributed by atoms with Crippen LogP contribution >= 0.6 is 0 Å². The molecule has 8 atom stereocenters. The summed E-state index contributed by atoms with van der Waals surface area (Å²) >= 11 is 0. The maximum absolute atomic E-state index is 15.0. The summed E-state index contributed by atoms with van der Waals surface area (Å²) in [5.41, 5.74) is 3.21. The summed E-state index contributed by atoms with van der Waals surface area (Å²) in [5.74, 6) is -4.89. The van der Waals surface area contributed by atoms with Crippen molar-refractivity contribution in [2.75, 3.05) is 90.6 Å². The number of nitrogens with zero attached hydrogens (tertiary/aromatic N) is 5. The van der Waals surface area contributed by atoms with Crippen LogP contribution < -0.4 is 19.9 Å². The Labute approximate surface area is 517 Å². The second kappa shape index (κ2) is 30.4. The van der Waals surface area contributed by atoms with E-state index in [0.29, 0.717) is 64.1 Å². The van der Waals surface area contributed by atoms with Gasteiger partial charge in [0.1, 0.15) is 36.5 Å². The molecular formula is C67H90N6O15. The van der Waals surface area contributed by atoms with Crippen molar-refractivity contribution in [3.63, 3.8) is 0 Å². The molecule has 4 aliphatic carbocycles. The molecule has 1 unspecified atom stereocenters. The van der Waals surface area contributed by atoms with Gasteiger partial charge < -0.3 is 63.0 Å². The minimum Gasteiger partial charge on any atom is -0.458 e. The van der Waals surface area contributed by atoms with Gasteiger partial charge in [0.25, 0.3) is 17.7 Å². The number of rotatable bonds is 31. The van der Waals surface area contributed by atoms with E-state index < -0.39 is 90.0 Å². The molecular weight excluding hydrogens is 1130 g/mol. The standard InChI is InChI=1S/C67H90N6O15/c1-8-52(49-22-23-49)59(68-4)67(81)87-57-40-51(73-30-34-83-35-31-73)26-27-53(57)61(75)70(6)54(36-44-14-15-44)64(78)85-42(2)60(74)69(5)56(38-46-18-19-46)66(80)88-58(39-47-20-24-50(25-21-47)72-28-32-82-33-29-72)62(76)71(7)55(37-45-16-17-45)65(79)86-43(3)63(77)84-41-48-12-10-9-11-13-48/h9-13,20-21,24-27,40,42-46,49,52,54-56,58-59,68H,8,14-19,22-23,28-39,41H2,1-7H3/t42-,43-,52?,54+,55+,56+,58-,59+/m1/s1. The fraction of sp³-hybridized carbons (Fsp3) is 0.612. The predicted octanol–water partition coefficient (Wildman–Crippen LogP) is 6.55. The zero-order chi connectivity index (χ0) is 62.6. The van der Waals surface area contributed by atoms with Crippen LogP contribution in [0.1, 0.15) is 119 Å². The average molecular weight is 1220 g/mol. The number of benzene rings is 3. The molecule has 6 aliphatic rings. The first-order valence-electron chi connectivity index (χ1n) is 31.8. The molecule has 0 spiro atoms. The number of amides is 3. The summed E-state index contributed by atoms with van der Waals surface area (Å²) in [7, 11) is 6.14. The van der Waals surface area contributed by atoms with E-state index in [-0.39, 0.29) is 67.3 Å². The van der Waals surface area contributed by atoms with E-state index in [1.807, 2.05) is 42.5 Å². The smallest absolute Gasteiger partial charge is 0.347 e. The average Bonchev–Trinajstić information content (AvgIpc) is 1.74. The van der Waals surface area contributed by atoms with Crippen LogP contribution in [0, 0.1) is 29.6 Å². The number of hydrogen-bond acceptors (Lipinski definition) is 18. The summed E-state index contributed by atoms with van der Waals surface area (Å²) in [4.78, 5) is 123. The van der Waals surface area contributed by atoms with Crippen LogP contribution in [-0.4, -0.2) is 186 Å². The number of morpholine rings is 2. The van der Waals surface area contributed by atoms with Crippen molar-refractivity contribution in [1.82, 2.24) is 20.0 Å². The molecule has 0 radical (unpaired) electrons. The SMILES string of the molecule is CCC(C1CC1)[C@H](NC)C(=O)Oc1cc(N2CCOCC2)ccc1C(=O)N(C)[C@@H](CC1CC1)C(=O)O[C@H](C)C(=O)N(C)[C@@H](CC1CC1)C(=O)O[C@H](Cc1ccc(N2CCOCC2)cc1)C(=O)N(C)[C@@H](CC1CC1)C(=O)O[C@H](C)C(=O)OCc1ccccc1. The van der Waals surface area contributed by atoms with E-state index in [9.17, 15) is 33.6 Å². The van der Waals surface area contributed by atoms with Crippen molar-refractivity contribution in [3.05, 3.63) is 89.5 Å². The minimum absolute atomic E-state index is 0.0214. The van der Waals surface area contributed by atoms with Gasteiger partial charge in [-0.25, -0.2) is 24.0 Å². The molecule has 0 aromatic heterocycles. The number of nitrogens with one attached hydrogen (secondary N) is 1. The first kappa shape index (κ1) is 65.3. The maximum Gasteiger partial charge on any atom is 0.347 e. The van der Waals surface area contributed by atoms with Crippen molar-refractivity contribution in [2.24, 2.45) is 29.6 Å². The third-order valence-corrected chi connectivity index (χ3v) is 18.2. The van der Waals surface area contributed by atoms with Gasteiger partial charge in [-0.3, -0.25) is 14.4 Å². The lowest BCUT2D eigenvalue weighted by molar-refractivity contribution is -0.175. The summed E-state index contributed by atoms with van der Waals surface area (Å²) < 4.78 is 40.8. The predicted molar refractivity (Wildman–Crippen MR) is 326 cm³/mol. The van der Waals surface area contributed by atoms with Crippen LogP contribution in [0.3, 0.4) is 0 Å². The summed E-state index contributed by atoms with van der Waals surface area (Å²) in [6.07, 6.45) is 4.23. The molecule has 4 saturated carbocycles. The molecule has 6 fully saturated rings. The summed E-state index contributed by atoms with van der Waals surface area (Å²) in [6, 6.07) is 17.7. The normalized spacial score (nSPS) is 19.5. The maximum atomic E-state index is 15.0. The van der Waals surface area contributed by atoms with E-state index in [0.717, 1.165) is 74.7 Å². The number of esters is 5. The van der Waals surface area contributed by atoms with Crippen LogP contribution in [0.4, 0.5) is 11.4 Å². The van der Waals surface area contributed by atoms with Crippen molar-refractivity contribution in [1.29, 1.82) is 0 Å². The van der Waals surface area contributed by atoms with Crippen LogP contribution in [-0.2, 0) is 75.0 Å².